The Morgan fingerprint density at radius 2 is 1.92 bits per heavy atom. The van der Waals surface area contributed by atoms with Gasteiger partial charge in [0.2, 0.25) is 5.88 Å². The Hall–Kier alpha value is -4.61. The highest BCUT2D eigenvalue weighted by molar-refractivity contribution is 6.05. The topological polar surface area (TPSA) is 118 Å². The molecule has 3 N–H and O–H groups in total. The van der Waals surface area contributed by atoms with Crippen molar-refractivity contribution in [2.24, 2.45) is 0 Å². The van der Waals surface area contributed by atoms with Gasteiger partial charge in [0, 0.05) is 40.3 Å². The van der Waals surface area contributed by atoms with Gasteiger partial charge in [0.05, 0.1) is 12.6 Å². The molecule has 0 atom stereocenters. The lowest BCUT2D eigenvalue weighted by Crippen LogP contribution is -2.25. The van der Waals surface area contributed by atoms with Crippen LogP contribution < -0.4 is 20.1 Å². The van der Waals surface area contributed by atoms with Crippen molar-refractivity contribution in [2.45, 2.75) is 12.9 Å². The van der Waals surface area contributed by atoms with Crippen LogP contribution in [0.2, 0.25) is 0 Å². The average molecular weight is 502 g/mol. The molecule has 2 amide bonds. The third-order valence-corrected chi connectivity index (χ3v) is 5.15. The third kappa shape index (κ3) is 5.22. The fourth-order valence-corrected chi connectivity index (χ4v) is 3.51. The van der Waals surface area contributed by atoms with Crippen LogP contribution in [-0.4, -0.2) is 47.4 Å². The Kier molecular flexibility index (Phi) is 5.73. The third-order valence-electron chi connectivity index (χ3n) is 5.15. The van der Waals surface area contributed by atoms with Crippen LogP contribution in [0.4, 0.5) is 13.2 Å². The maximum Gasteiger partial charge on any atom is 0.573 e. The highest BCUT2D eigenvalue weighted by atomic mass is 19.4. The van der Waals surface area contributed by atoms with Crippen molar-refractivity contribution in [3.63, 3.8) is 0 Å². The second-order valence-corrected chi connectivity index (χ2v) is 7.41. The molecule has 0 bridgehead atoms. The molecular formula is C24H20F3N5O4. The molecule has 9 nitrogen and oxygen atoms in total. The normalized spacial score (nSPS) is 12.8. The van der Waals surface area contributed by atoms with Gasteiger partial charge in [0.1, 0.15) is 11.3 Å². The number of para-hydroxylation sites is 1. The zero-order valence-corrected chi connectivity index (χ0v) is 18.6. The Bertz CT molecular complexity index is 1540. The molecule has 4 aromatic rings. The molecule has 0 unspecified atom stereocenters. The van der Waals surface area contributed by atoms with Gasteiger partial charge >= 0.3 is 6.36 Å². The maximum atomic E-state index is 13.0. The second-order valence-electron chi connectivity index (χ2n) is 7.41. The minimum Gasteiger partial charge on any atom is -0.480 e. The summed E-state index contributed by atoms with van der Waals surface area (Å²) in [6.45, 7) is -2.94. The van der Waals surface area contributed by atoms with Crippen LogP contribution in [0.5, 0.6) is 11.6 Å². The molecule has 2 aromatic carbocycles. The van der Waals surface area contributed by atoms with Gasteiger partial charge in [-0.25, -0.2) is 4.98 Å². The molecule has 2 aromatic heterocycles. The summed E-state index contributed by atoms with van der Waals surface area (Å²) in [4.78, 5) is 29.4. The summed E-state index contributed by atoms with van der Waals surface area (Å²) in [5.41, 5.74) is 1.50. The number of nitrogens with zero attached hydrogens (tertiary/aromatic N) is 2. The molecule has 0 saturated heterocycles. The minimum atomic E-state index is -4.89. The summed E-state index contributed by atoms with van der Waals surface area (Å²) in [7, 11) is 1.31. The van der Waals surface area contributed by atoms with Crippen LogP contribution >= 0.6 is 0 Å². The van der Waals surface area contributed by atoms with Crippen LogP contribution in [0, 0.1) is 0 Å². The van der Waals surface area contributed by atoms with Crippen molar-refractivity contribution in [1.82, 2.24) is 25.8 Å². The Labute approximate surface area is 206 Å². The maximum absolute atomic E-state index is 13.0. The molecule has 36 heavy (non-hydrogen) atoms. The van der Waals surface area contributed by atoms with Gasteiger partial charge in [-0.3, -0.25) is 14.7 Å². The number of H-pyrrole nitrogens is 1. The zero-order valence-electron chi connectivity index (χ0n) is 21.6. The van der Waals surface area contributed by atoms with Crippen LogP contribution in [0.25, 0.3) is 22.0 Å². The van der Waals surface area contributed by atoms with E-state index < -0.39 is 30.9 Å². The number of carbonyl (C=O) groups excluding carboxylic acids is 2. The largest absolute Gasteiger partial charge is 0.573 e. The van der Waals surface area contributed by atoms with E-state index in [0.29, 0.717) is 22.0 Å². The molecular weight excluding hydrogens is 479 g/mol. The number of nitrogens with one attached hydrogen (secondary N) is 3. The standard InChI is InChI=1S/C24H20F3N5O4/c1-28-22(34)20-16-8-7-13(10-18(16)31-32-20)15-9-17(23(35-2)30-12-15)21(33)29-11-14-5-3-4-6-19(14)36-24(25,26)27/h3-10,12H,11H2,1-2H3,(H,28,34)(H,29,33)(H,31,32)/i1D3. The Morgan fingerprint density at radius 3 is 2.67 bits per heavy atom. The van der Waals surface area contributed by atoms with Gasteiger partial charge in [-0.2, -0.15) is 5.10 Å². The van der Waals surface area contributed by atoms with Gasteiger partial charge < -0.3 is 20.1 Å². The number of aromatic amines is 1. The predicted molar refractivity (Wildman–Crippen MR) is 124 cm³/mol. The van der Waals surface area contributed by atoms with Crippen LogP contribution in [0.3, 0.4) is 0 Å². The van der Waals surface area contributed by atoms with Gasteiger partial charge in [-0.15, -0.1) is 13.2 Å². The van der Waals surface area contributed by atoms with E-state index in [1.807, 2.05) is 5.32 Å². The summed E-state index contributed by atoms with van der Waals surface area (Å²) >= 11 is 0. The molecule has 186 valence electrons. The van der Waals surface area contributed by atoms with Gasteiger partial charge in [-0.1, -0.05) is 24.3 Å². The van der Waals surface area contributed by atoms with Crippen LogP contribution in [0.1, 0.15) is 30.5 Å². The number of alkyl halides is 3. The van der Waals surface area contributed by atoms with Crippen molar-refractivity contribution < 1.29 is 36.3 Å². The Balaban J connectivity index is 1.58. The lowest BCUT2D eigenvalue weighted by molar-refractivity contribution is -0.274. The van der Waals surface area contributed by atoms with Gasteiger partial charge in [0.15, 0.2) is 5.69 Å². The first-order valence-corrected chi connectivity index (χ1v) is 10.3. The van der Waals surface area contributed by atoms with E-state index in [4.69, 9.17) is 8.85 Å². The van der Waals surface area contributed by atoms with Gasteiger partial charge in [0.25, 0.3) is 11.8 Å². The summed E-state index contributed by atoms with van der Waals surface area (Å²) in [5.74, 6) is -1.98. The van der Waals surface area contributed by atoms with Crippen molar-refractivity contribution in [3.8, 4) is 22.8 Å². The first kappa shape index (κ1) is 20.7. The number of pyridine rings is 1. The number of methoxy groups -OCH3 is 1. The molecule has 0 aliphatic heterocycles. The van der Waals surface area contributed by atoms with E-state index in [2.05, 4.69) is 25.2 Å². The smallest absolute Gasteiger partial charge is 0.480 e. The number of benzene rings is 2. The highest BCUT2D eigenvalue weighted by Gasteiger charge is 2.32. The molecule has 0 aliphatic carbocycles. The average Bonchev–Trinajstić information content (AvgIpc) is 3.29. The number of carbonyl (C=O) groups is 2. The zero-order chi connectivity index (χ0) is 28.4. The SMILES string of the molecule is [2H]C([2H])([2H])NC(=O)c1n[nH]c2cc(-c3cnc(OC)c(C(=O)NCc4ccccc4OC(F)(F)F)c3)ccc12. The molecule has 0 radical (unpaired) electrons. The molecule has 2 heterocycles. The molecule has 0 saturated carbocycles. The number of hydrogen-bond donors (Lipinski definition) is 3. The van der Waals surface area contributed by atoms with Crippen molar-refractivity contribution in [2.75, 3.05) is 14.1 Å². The van der Waals surface area contributed by atoms with E-state index in [1.165, 1.54) is 37.6 Å². The van der Waals surface area contributed by atoms with Crippen molar-refractivity contribution in [3.05, 3.63) is 71.5 Å². The Morgan fingerprint density at radius 1 is 1.11 bits per heavy atom. The highest BCUT2D eigenvalue weighted by Crippen LogP contribution is 2.29. The summed E-state index contributed by atoms with van der Waals surface area (Å²) in [5, 5.41) is 11.4. The molecule has 4 rings (SSSR count). The fourth-order valence-electron chi connectivity index (χ4n) is 3.51. The molecule has 0 aliphatic rings. The van der Waals surface area contributed by atoms with E-state index in [0.717, 1.165) is 6.07 Å². The fraction of sp³-hybridized carbons (Fsp3) is 0.167. The van der Waals surface area contributed by atoms with E-state index >= 15 is 0 Å². The van der Waals surface area contributed by atoms with Crippen molar-refractivity contribution in [1.29, 1.82) is 0 Å². The number of fused-ring (bicyclic) bond motifs is 1. The number of amides is 2. The summed E-state index contributed by atoms with van der Waals surface area (Å²) < 4.78 is 68.9. The van der Waals surface area contributed by atoms with E-state index in [9.17, 15) is 22.8 Å². The quantitative estimate of drug-likeness (QED) is 0.354. The number of aromatic nitrogens is 3. The molecule has 0 fully saturated rings. The lowest BCUT2D eigenvalue weighted by Gasteiger charge is -2.14. The number of ether oxygens (including phenoxy) is 2. The molecule has 12 heteroatoms. The number of rotatable bonds is 7. The second kappa shape index (κ2) is 9.94. The number of hydrogen-bond acceptors (Lipinski definition) is 6. The van der Waals surface area contributed by atoms with Crippen LogP contribution in [-0.2, 0) is 6.54 Å². The van der Waals surface area contributed by atoms with Crippen molar-refractivity contribution >= 4 is 22.7 Å². The van der Waals surface area contributed by atoms with E-state index in [-0.39, 0.29) is 29.2 Å². The lowest BCUT2D eigenvalue weighted by atomic mass is 10.0. The minimum absolute atomic E-state index is 0.0117. The first-order chi connectivity index (χ1) is 18.3. The van der Waals surface area contributed by atoms with E-state index in [1.54, 1.807) is 18.2 Å². The predicted octanol–water partition coefficient (Wildman–Crippen LogP) is 3.82. The first-order valence-electron chi connectivity index (χ1n) is 11.8. The summed E-state index contributed by atoms with van der Waals surface area (Å²) in [6, 6.07) is 11.7. The summed E-state index contributed by atoms with van der Waals surface area (Å²) in [6.07, 6.45) is -3.45. The van der Waals surface area contributed by atoms with Gasteiger partial charge in [-0.05, 0) is 29.8 Å². The molecule has 0 spiro atoms. The van der Waals surface area contributed by atoms with Crippen LogP contribution in [0.15, 0.2) is 54.7 Å². The number of halogens is 3. The monoisotopic (exact) mass is 502 g/mol.